The van der Waals surface area contributed by atoms with Gasteiger partial charge in [-0.2, -0.15) is 0 Å². The van der Waals surface area contributed by atoms with Gasteiger partial charge in [0.25, 0.3) is 5.91 Å². The number of carbonyl (C=O) groups is 1. The molecule has 0 saturated carbocycles. The van der Waals surface area contributed by atoms with Crippen LogP contribution in [-0.2, 0) is 9.84 Å². The van der Waals surface area contributed by atoms with Crippen LogP contribution in [0.4, 0.5) is 0 Å². The van der Waals surface area contributed by atoms with Crippen LogP contribution in [0.5, 0.6) is 5.75 Å². The molecule has 1 aliphatic rings. The molecule has 1 amide bonds. The largest absolute Gasteiger partial charge is 0.497 e. The third-order valence-corrected chi connectivity index (χ3v) is 6.56. The van der Waals surface area contributed by atoms with Crippen molar-refractivity contribution in [3.8, 4) is 5.75 Å². The molecular weight excluding hydrogens is 354 g/mol. The third-order valence-electron chi connectivity index (χ3n) is 4.81. The summed E-state index contributed by atoms with van der Waals surface area (Å²) in [7, 11) is -1.49. The Morgan fingerprint density at radius 1 is 1.38 bits per heavy atom. The number of aryl methyl sites for hydroxylation is 1. The molecule has 7 heteroatoms. The van der Waals surface area contributed by atoms with Crippen molar-refractivity contribution in [1.29, 1.82) is 0 Å². The minimum atomic E-state index is -3.08. The lowest BCUT2D eigenvalue weighted by Gasteiger charge is -2.29. The predicted molar refractivity (Wildman–Crippen MR) is 100 cm³/mol. The minimum Gasteiger partial charge on any atom is -0.497 e. The number of sulfone groups is 1. The first-order valence-electron chi connectivity index (χ1n) is 8.80. The molecule has 0 bridgehead atoms. The van der Waals surface area contributed by atoms with Crippen LogP contribution in [0.2, 0.25) is 0 Å². The lowest BCUT2D eigenvalue weighted by Crippen LogP contribution is -2.43. The van der Waals surface area contributed by atoms with E-state index in [1.807, 2.05) is 26.8 Å². The quantitative estimate of drug-likeness (QED) is 0.798. The molecule has 2 heterocycles. The maximum atomic E-state index is 13.2. The molecule has 1 aromatic carbocycles. The SMILES string of the molecule is COc1ccc2oc(C(=O)N(CC(C)C)[C@@H]3CCS(=O)(=O)C3)c(C)c2c1. The normalized spacial score (nSPS) is 19.2. The van der Waals surface area contributed by atoms with Gasteiger partial charge in [-0.3, -0.25) is 4.79 Å². The highest BCUT2D eigenvalue weighted by Gasteiger charge is 2.36. The third kappa shape index (κ3) is 3.58. The minimum absolute atomic E-state index is 0.0263. The van der Waals surface area contributed by atoms with Crippen LogP contribution in [0.3, 0.4) is 0 Å². The summed E-state index contributed by atoms with van der Waals surface area (Å²) >= 11 is 0. The van der Waals surface area contributed by atoms with Crippen molar-refractivity contribution >= 4 is 26.7 Å². The van der Waals surface area contributed by atoms with Crippen LogP contribution in [0.1, 0.15) is 36.4 Å². The van der Waals surface area contributed by atoms with Gasteiger partial charge in [0.1, 0.15) is 11.3 Å². The highest BCUT2D eigenvalue weighted by Crippen LogP contribution is 2.31. The van der Waals surface area contributed by atoms with E-state index in [0.717, 1.165) is 10.9 Å². The number of nitrogens with zero attached hydrogens (tertiary/aromatic N) is 1. The van der Waals surface area contributed by atoms with Crippen molar-refractivity contribution in [2.24, 2.45) is 5.92 Å². The van der Waals surface area contributed by atoms with E-state index < -0.39 is 9.84 Å². The van der Waals surface area contributed by atoms with Gasteiger partial charge in [0.05, 0.1) is 18.6 Å². The summed E-state index contributed by atoms with van der Waals surface area (Å²) in [6.45, 7) is 6.37. The second-order valence-electron chi connectivity index (χ2n) is 7.33. The Morgan fingerprint density at radius 3 is 2.69 bits per heavy atom. The summed E-state index contributed by atoms with van der Waals surface area (Å²) in [6, 6.07) is 5.12. The Hall–Kier alpha value is -2.02. The Balaban J connectivity index is 1.98. The van der Waals surface area contributed by atoms with E-state index >= 15 is 0 Å². The Morgan fingerprint density at radius 2 is 2.12 bits per heavy atom. The average Bonchev–Trinajstić information content (AvgIpc) is 3.11. The molecule has 1 aromatic heterocycles. The van der Waals surface area contributed by atoms with Crippen molar-refractivity contribution < 1.29 is 22.4 Å². The summed E-state index contributed by atoms with van der Waals surface area (Å²) in [4.78, 5) is 14.9. The van der Waals surface area contributed by atoms with E-state index in [2.05, 4.69) is 0 Å². The molecule has 26 heavy (non-hydrogen) atoms. The second-order valence-corrected chi connectivity index (χ2v) is 9.56. The monoisotopic (exact) mass is 379 g/mol. The smallest absolute Gasteiger partial charge is 0.290 e. The highest BCUT2D eigenvalue weighted by atomic mass is 32.2. The number of benzene rings is 1. The number of fused-ring (bicyclic) bond motifs is 1. The summed E-state index contributed by atoms with van der Waals surface area (Å²) in [6.07, 6.45) is 0.480. The van der Waals surface area contributed by atoms with Gasteiger partial charge in [0.2, 0.25) is 0 Å². The predicted octanol–water partition coefficient (Wildman–Crippen LogP) is 3.04. The van der Waals surface area contributed by atoms with Crippen LogP contribution in [-0.4, -0.2) is 50.4 Å². The molecular formula is C19H25NO5S. The van der Waals surface area contributed by atoms with E-state index in [9.17, 15) is 13.2 Å². The number of ether oxygens (including phenoxy) is 1. The Kier molecular flexibility index (Phi) is 5.01. The fourth-order valence-corrected chi connectivity index (χ4v) is 5.20. The zero-order chi connectivity index (χ0) is 19.1. The van der Waals surface area contributed by atoms with Crippen LogP contribution < -0.4 is 4.74 Å². The number of methoxy groups -OCH3 is 1. The lowest BCUT2D eigenvalue weighted by molar-refractivity contribution is 0.0641. The Bertz CT molecular complexity index is 929. The number of rotatable bonds is 5. The van der Waals surface area contributed by atoms with Gasteiger partial charge < -0.3 is 14.1 Å². The second kappa shape index (κ2) is 6.95. The maximum absolute atomic E-state index is 13.2. The summed E-state index contributed by atoms with van der Waals surface area (Å²) in [5.74, 6) is 1.12. The summed E-state index contributed by atoms with van der Waals surface area (Å²) < 4.78 is 34.9. The fraction of sp³-hybridized carbons (Fsp3) is 0.526. The topological polar surface area (TPSA) is 76.8 Å². The first-order chi connectivity index (χ1) is 12.2. The number of hydrogen-bond acceptors (Lipinski definition) is 5. The van der Waals surface area contributed by atoms with E-state index in [0.29, 0.717) is 24.3 Å². The van der Waals surface area contributed by atoms with E-state index in [1.54, 1.807) is 24.1 Å². The zero-order valence-electron chi connectivity index (χ0n) is 15.6. The van der Waals surface area contributed by atoms with Gasteiger partial charge in [-0.25, -0.2) is 8.42 Å². The molecule has 142 valence electrons. The summed E-state index contributed by atoms with van der Waals surface area (Å²) in [5.41, 5.74) is 1.37. The molecule has 0 spiro atoms. The standard InChI is InChI=1S/C19H25NO5S/c1-12(2)10-20(14-7-8-26(22,23)11-14)19(21)18-13(3)16-9-15(24-4)5-6-17(16)25-18/h5-6,9,12,14H,7-8,10-11H2,1-4H3/t14-/m1/s1. The average molecular weight is 379 g/mol. The van der Waals surface area contributed by atoms with E-state index in [-0.39, 0.29) is 35.1 Å². The number of furan rings is 1. The summed E-state index contributed by atoms with van der Waals surface area (Å²) in [5, 5.41) is 0.830. The number of amides is 1. The van der Waals surface area contributed by atoms with E-state index in [1.165, 1.54) is 0 Å². The molecule has 2 aromatic rings. The number of carbonyl (C=O) groups excluding carboxylic acids is 1. The molecule has 0 unspecified atom stereocenters. The molecule has 0 radical (unpaired) electrons. The molecule has 0 N–H and O–H groups in total. The van der Waals surface area contributed by atoms with Crippen molar-refractivity contribution in [2.75, 3.05) is 25.2 Å². The van der Waals surface area contributed by atoms with Crippen molar-refractivity contribution in [3.05, 3.63) is 29.5 Å². The molecule has 0 aliphatic carbocycles. The van der Waals surface area contributed by atoms with Crippen LogP contribution >= 0.6 is 0 Å². The molecule has 1 saturated heterocycles. The lowest BCUT2D eigenvalue weighted by atomic mass is 10.1. The van der Waals surface area contributed by atoms with Crippen molar-refractivity contribution in [2.45, 2.75) is 33.2 Å². The first-order valence-corrected chi connectivity index (χ1v) is 10.6. The van der Waals surface area contributed by atoms with Gasteiger partial charge in [0.15, 0.2) is 15.6 Å². The van der Waals surface area contributed by atoms with Gasteiger partial charge in [-0.15, -0.1) is 0 Å². The number of hydrogen-bond donors (Lipinski definition) is 0. The van der Waals surface area contributed by atoms with Crippen LogP contribution in [0.25, 0.3) is 11.0 Å². The van der Waals surface area contributed by atoms with Gasteiger partial charge in [-0.05, 0) is 37.5 Å². The molecule has 3 rings (SSSR count). The molecule has 6 nitrogen and oxygen atoms in total. The van der Waals surface area contributed by atoms with Crippen molar-refractivity contribution in [3.63, 3.8) is 0 Å². The first kappa shape index (κ1) is 18.8. The van der Waals surface area contributed by atoms with E-state index in [4.69, 9.17) is 9.15 Å². The highest BCUT2D eigenvalue weighted by molar-refractivity contribution is 7.91. The maximum Gasteiger partial charge on any atom is 0.290 e. The fourth-order valence-electron chi connectivity index (χ4n) is 3.47. The zero-order valence-corrected chi connectivity index (χ0v) is 16.4. The Labute approximate surface area is 154 Å². The molecule has 1 aliphatic heterocycles. The van der Waals surface area contributed by atoms with Gasteiger partial charge in [0, 0.05) is 23.5 Å². The van der Waals surface area contributed by atoms with Crippen LogP contribution in [0, 0.1) is 12.8 Å². The van der Waals surface area contributed by atoms with Gasteiger partial charge >= 0.3 is 0 Å². The van der Waals surface area contributed by atoms with Gasteiger partial charge in [-0.1, -0.05) is 13.8 Å². The molecule has 1 atom stereocenters. The van der Waals surface area contributed by atoms with Crippen LogP contribution in [0.15, 0.2) is 22.6 Å². The molecule has 1 fully saturated rings. The van der Waals surface area contributed by atoms with Crippen molar-refractivity contribution in [1.82, 2.24) is 4.90 Å².